The summed E-state index contributed by atoms with van der Waals surface area (Å²) in [7, 11) is 1.76. The Morgan fingerprint density at radius 1 is 1.14 bits per heavy atom. The third-order valence-electron chi connectivity index (χ3n) is 3.40. The number of aryl methyl sites for hydroxylation is 4. The highest BCUT2D eigenvalue weighted by atomic mass is 16.4. The molecular formula is C15H17N3O3. The lowest BCUT2D eigenvalue weighted by molar-refractivity contribution is 0.0695. The molecule has 110 valence electrons. The van der Waals surface area contributed by atoms with Gasteiger partial charge in [-0.2, -0.15) is 5.10 Å². The third-order valence-corrected chi connectivity index (χ3v) is 3.40. The minimum absolute atomic E-state index is 0.174. The second kappa shape index (κ2) is 5.40. The maximum Gasteiger partial charge on any atom is 0.336 e. The second-order valence-corrected chi connectivity index (χ2v) is 5.04. The number of aromatic carboxylic acids is 1. The van der Waals surface area contributed by atoms with E-state index in [9.17, 15) is 9.59 Å². The molecule has 6 nitrogen and oxygen atoms in total. The number of aromatic nitrogens is 2. The van der Waals surface area contributed by atoms with Crippen LogP contribution < -0.4 is 5.32 Å². The number of nitrogens with one attached hydrogen (secondary N) is 1. The van der Waals surface area contributed by atoms with Crippen molar-refractivity contribution < 1.29 is 14.7 Å². The van der Waals surface area contributed by atoms with E-state index in [0.717, 1.165) is 11.3 Å². The van der Waals surface area contributed by atoms with Crippen molar-refractivity contribution in [1.82, 2.24) is 9.78 Å². The summed E-state index contributed by atoms with van der Waals surface area (Å²) in [6.45, 7) is 5.39. The Morgan fingerprint density at radius 3 is 2.33 bits per heavy atom. The van der Waals surface area contributed by atoms with E-state index in [1.807, 2.05) is 13.8 Å². The molecule has 0 atom stereocenters. The van der Waals surface area contributed by atoms with E-state index in [1.165, 1.54) is 6.07 Å². The van der Waals surface area contributed by atoms with Crippen LogP contribution in [-0.2, 0) is 7.05 Å². The van der Waals surface area contributed by atoms with Crippen molar-refractivity contribution in [3.8, 4) is 0 Å². The second-order valence-electron chi connectivity index (χ2n) is 5.04. The monoisotopic (exact) mass is 287 g/mol. The van der Waals surface area contributed by atoms with E-state index in [-0.39, 0.29) is 11.5 Å². The Balaban J connectivity index is 2.33. The van der Waals surface area contributed by atoms with Crippen molar-refractivity contribution in [3.63, 3.8) is 0 Å². The molecule has 6 heteroatoms. The van der Waals surface area contributed by atoms with E-state index in [1.54, 1.807) is 30.8 Å². The zero-order valence-electron chi connectivity index (χ0n) is 12.4. The summed E-state index contributed by atoms with van der Waals surface area (Å²) in [5.41, 5.74) is 3.28. The highest BCUT2D eigenvalue weighted by Gasteiger charge is 2.15. The van der Waals surface area contributed by atoms with Gasteiger partial charge >= 0.3 is 5.97 Å². The molecule has 0 bridgehead atoms. The van der Waals surface area contributed by atoms with Crippen LogP contribution in [0.15, 0.2) is 18.2 Å². The van der Waals surface area contributed by atoms with Crippen molar-refractivity contribution in [2.75, 3.05) is 5.32 Å². The number of nitrogens with zero attached hydrogens (tertiary/aromatic N) is 2. The average Bonchev–Trinajstić information content (AvgIpc) is 2.72. The van der Waals surface area contributed by atoms with Gasteiger partial charge in [0.1, 0.15) is 0 Å². The van der Waals surface area contributed by atoms with E-state index in [4.69, 9.17) is 5.11 Å². The number of carboxylic acids is 1. The maximum atomic E-state index is 12.2. The first kappa shape index (κ1) is 14.8. The predicted octanol–water partition coefficient (Wildman–Crippen LogP) is 2.30. The van der Waals surface area contributed by atoms with Crippen molar-refractivity contribution in [2.45, 2.75) is 20.8 Å². The molecule has 0 fully saturated rings. The normalized spacial score (nSPS) is 10.5. The molecule has 0 saturated heterocycles. The number of carbonyl (C=O) groups is 2. The molecule has 0 unspecified atom stereocenters. The van der Waals surface area contributed by atoms with Gasteiger partial charge in [-0.05, 0) is 44.0 Å². The Morgan fingerprint density at radius 2 is 1.81 bits per heavy atom. The van der Waals surface area contributed by atoms with Gasteiger partial charge in [0.05, 0.1) is 5.56 Å². The summed E-state index contributed by atoms with van der Waals surface area (Å²) in [5, 5.41) is 16.0. The molecule has 21 heavy (non-hydrogen) atoms. The van der Waals surface area contributed by atoms with Gasteiger partial charge in [-0.3, -0.25) is 9.48 Å². The predicted molar refractivity (Wildman–Crippen MR) is 78.8 cm³/mol. The molecule has 0 aliphatic rings. The number of carbonyl (C=O) groups excluding carboxylic acids is 1. The Bertz CT molecular complexity index is 713. The number of hydrogen-bond donors (Lipinski definition) is 2. The lowest BCUT2D eigenvalue weighted by Gasteiger charge is -2.10. The molecule has 0 radical (unpaired) electrons. The molecule has 1 amide bonds. The Kier molecular flexibility index (Phi) is 3.80. The summed E-state index contributed by atoms with van der Waals surface area (Å²) in [4.78, 5) is 23.3. The summed E-state index contributed by atoms with van der Waals surface area (Å²) in [6, 6.07) is 4.89. The largest absolute Gasteiger partial charge is 0.478 e. The molecule has 2 rings (SSSR count). The number of amides is 1. The molecule has 2 aromatic rings. The van der Waals surface area contributed by atoms with Crippen LogP contribution in [0.2, 0.25) is 0 Å². The number of carboxylic acid groups (broad SMARTS) is 1. The first-order valence-electron chi connectivity index (χ1n) is 6.46. The summed E-state index contributed by atoms with van der Waals surface area (Å²) in [6.07, 6.45) is 0. The fourth-order valence-corrected chi connectivity index (χ4v) is 2.08. The fraction of sp³-hybridized carbons (Fsp3) is 0.267. The van der Waals surface area contributed by atoms with E-state index in [2.05, 4.69) is 10.4 Å². The van der Waals surface area contributed by atoms with Crippen LogP contribution in [0.5, 0.6) is 0 Å². The highest BCUT2D eigenvalue weighted by Crippen LogP contribution is 2.21. The van der Waals surface area contributed by atoms with Crippen molar-refractivity contribution in [1.29, 1.82) is 0 Å². The smallest absolute Gasteiger partial charge is 0.336 e. The minimum atomic E-state index is -1.02. The minimum Gasteiger partial charge on any atom is -0.478 e. The van der Waals surface area contributed by atoms with Gasteiger partial charge in [0, 0.05) is 18.4 Å². The number of hydrogen-bond acceptors (Lipinski definition) is 3. The van der Waals surface area contributed by atoms with Crippen LogP contribution >= 0.6 is 0 Å². The van der Waals surface area contributed by atoms with Crippen LogP contribution in [0.25, 0.3) is 0 Å². The van der Waals surface area contributed by atoms with Gasteiger partial charge in [0.2, 0.25) is 0 Å². The van der Waals surface area contributed by atoms with Gasteiger partial charge in [0.25, 0.3) is 5.91 Å². The first-order chi connectivity index (χ1) is 9.79. The van der Waals surface area contributed by atoms with E-state index < -0.39 is 5.97 Å². The third kappa shape index (κ3) is 2.94. The van der Waals surface area contributed by atoms with Gasteiger partial charge < -0.3 is 10.4 Å². The molecule has 0 aliphatic carbocycles. The highest BCUT2D eigenvalue weighted by molar-refractivity contribution is 6.04. The number of anilines is 1. The van der Waals surface area contributed by atoms with Crippen LogP contribution in [0.3, 0.4) is 0 Å². The topological polar surface area (TPSA) is 84.2 Å². The van der Waals surface area contributed by atoms with Gasteiger partial charge in [-0.25, -0.2) is 4.79 Å². The molecule has 0 spiro atoms. The van der Waals surface area contributed by atoms with Crippen molar-refractivity contribution >= 4 is 17.6 Å². The molecule has 1 aromatic carbocycles. The Labute approximate surface area is 122 Å². The standard InChI is InChI=1S/C15H17N3O3/c1-8-5-9(2)12(7-11(8)15(20)21)16-14(19)13-6-10(3)18(4)17-13/h5-7H,1-4H3,(H,16,19)(H,20,21). The van der Waals surface area contributed by atoms with Crippen LogP contribution in [-0.4, -0.2) is 26.8 Å². The van der Waals surface area contributed by atoms with E-state index in [0.29, 0.717) is 16.9 Å². The molecule has 1 aromatic heterocycles. The van der Waals surface area contributed by atoms with Crippen LogP contribution in [0.1, 0.15) is 37.7 Å². The molecule has 0 aliphatic heterocycles. The number of benzene rings is 1. The van der Waals surface area contributed by atoms with Crippen LogP contribution in [0.4, 0.5) is 5.69 Å². The van der Waals surface area contributed by atoms with Crippen molar-refractivity contribution in [3.05, 3.63) is 46.3 Å². The van der Waals surface area contributed by atoms with Gasteiger partial charge in [-0.15, -0.1) is 0 Å². The fourth-order valence-electron chi connectivity index (χ4n) is 2.08. The SMILES string of the molecule is Cc1cc(C)c(C(=O)O)cc1NC(=O)c1cc(C)n(C)n1. The van der Waals surface area contributed by atoms with Gasteiger partial charge in [0.15, 0.2) is 5.69 Å². The quantitative estimate of drug-likeness (QED) is 0.907. The molecule has 1 heterocycles. The van der Waals surface area contributed by atoms with Crippen LogP contribution in [0, 0.1) is 20.8 Å². The summed E-state index contributed by atoms with van der Waals surface area (Å²) in [5.74, 6) is -1.38. The van der Waals surface area contributed by atoms with Crippen molar-refractivity contribution in [2.24, 2.45) is 7.05 Å². The molecule has 2 N–H and O–H groups in total. The first-order valence-corrected chi connectivity index (χ1v) is 6.46. The summed E-state index contributed by atoms with van der Waals surface area (Å²) < 4.78 is 1.61. The zero-order chi connectivity index (χ0) is 15.7. The maximum absolute atomic E-state index is 12.2. The Hall–Kier alpha value is -2.63. The van der Waals surface area contributed by atoms with E-state index >= 15 is 0 Å². The molecule has 0 saturated carbocycles. The van der Waals surface area contributed by atoms with Gasteiger partial charge in [-0.1, -0.05) is 6.07 Å². The lowest BCUT2D eigenvalue weighted by Crippen LogP contribution is -2.15. The molecular weight excluding hydrogens is 270 g/mol. The summed E-state index contributed by atoms with van der Waals surface area (Å²) >= 11 is 0. The lowest BCUT2D eigenvalue weighted by atomic mass is 10.0. The zero-order valence-corrected chi connectivity index (χ0v) is 12.4. The average molecular weight is 287 g/mol. The number of rotatable bonds is 3.